The Bertz CT molecular complexity index is 579. The number of aliphatic hydroxyl groups is 6. The molecular formula is C16H28N2O11. The molecule has 8 N–H and O–H groups in total. The first-order valence-corrected chi connectivity index (χ1v) is 9.05. The first-order chi connectivity index (χ1) is 13.6. The second kappa shape index (κ2) is 10.1. The molecule has 2 saturated heterocycles. The predicted octanol–water partition coefficient (Wildman–Crippen LogP) is -5.11. The van der Waals surface area contributed by atoms with Gasteiger partial charge in [0.25, 0.3) is 0 Å². The maximum atomic E-state index is 11.5. The maximum absolute atomic E-state index is 11.5. The lowest BCUT2D eigenvalue weighted by Crippen LogP contribution is -2.69. The largest absolute Gasteiger partial charge is 0.394 e. The molecule has 13 heteroatoms. The van der Waals surface area contributed by atoms with E-state index in [2.05, 4.69) is 10.6 Å². The average molecular weight is 424 g/mol. The van der Waals surface area contributed by atoms with Gasteiger partial charge >= 0.3 is 0 Å². The minimum Gasteiger partial charge on any atom is -0.394 e. The van der Waals surface area contributed by atoms with E-state index in [0.29, 0.717) is 0 Å². The van der Waals surface area contributed by atoms with E-state index in [4.69, 9.17) is 14.2 Å². The smallest absolute Gasteiger partial charge is 0.217 e. The molecule has 13 nitrogen and oxygen atoms in total. The first-order valence-electron chi connectivity index (χ1n) is 9.05. The van der Waals surface area contributed by atoms with Gasteiger partial charge < -0.3 is 55.5 Å². The SMILES string of the molecule is CC(=O)N[C@@H]1[C@H](O[C@@H]2[C@H](O)[C@@H](NC(C)=O)[C@H](O)O[C@@H]2CO)O[C@H](CO)[C@@H](O)[C@@H]1O. The predicted molar refractivity (Wildman–Crippen MR) is 91.8 cm³/mol. The van der Waals surface area contributed by atoms with Gasteiger partial charge in [-0.1, -0.05) is 0 Å². The minimum absolute atomic E-state index is 0.568. The molecule has 2 amide bonds. The van der Waals surface area contributed by atoms with Crippen LogP contribution in [0.3, 0.4) is 0 Å². The number of aliphatic hydroxyl groups excluding tert-OH is 6. The van der Waals surface area contributed by atoms with Gasteiger partial charge in [0.2, 0.25) is 11.8 Å². The van der Waals surface area contributed by atoms with E-state index in [1.54, 1.807) is 0 Å². The number of ether oxygens (including phenoxy) is 3. The topological polar surface area (TPSA) is 207 Å². The number of amides is 2. The van der Waals surface area contributed by atoms with Crippen LogP contribution in [-0.4, -0.2) is 117 Å². The Morgan fingerprint density at radius 2 is 1.38 bits per heavy atom. The quantitative estimate of drug-likeness (QED) is 0.202. The Morgan fingerprint density at radius 3 is 1.90 bits per heavy atom. The molecule has 0 unspecified atom stereocenters. The molecule has 168 valence electrons. The monoisotopic (exact) mass is 424 g/mol. The minimum atomic E-state index is -1.64. The number of hydrogen-bond acceptors (Lipinski definition) is 11. The van der Waals surface area contributed by atoms with Crippen LogP contribution in [0.4, 0.5) is 0 Å². The van der Waals surface area contributed by atoms with Crippen molar-refractivity contribution < 1.29 is 54.4 Å². The molecule has 0 bridgehead atoms. The second-order valence-corrected chi connectivity index (χ2v) is 7.00. The third kappa shape index (κ3) is 5.39. The molecule has 2 heterocycles. The van der Waals surface area contributed by atoms with Crippen LogP contribution in [0.25, 0.3) is 0 Å². The van der Waals surface area contributed by atoms with E-state index in [1.165, 1.54) is 0 Å². The Balaban J connectivity index is 2.26. The highest BCUT2D eigenvalue weighted by Crippen LogP contribution is 2.28. The summed E-state index contributed by atoms with van der Waals surface area (Å²) in [6.07, 6.45) is -11.7. The van der Waals surface area contributed by atoms with Crippen LogP contribution in [-0.2, 0) is 23.8 Å². The van der Waals surface area contributed by atoms with Crippen molar-refractivity contribution in [2.75, 3.05) is 13.2 Å². The molecule has 0 aromatic rings. The van der Waals surface area contributed by atoms with E-state index in [-0.39, 0.29) is 0 Å². The molecule has 0 aromatic carbocycles. The Kier molecular flexibility index (Phi) is 8.28. The number of carbonyl (C=O) groups is 2. The van der Waals surface area contributed by atoms with E-state index in [9.17, 15) is 40.2 Å². The van der Waals surface area contributed by atoms with Crippen LogP contribution in [0.5, 0.6) is 0 Å². The first kappa shape index (κ1) is 23.9. The van der Waals surface area contributed by atoms with Gasteiger partial charge in [0.15, 0.2) is 12.6 Å². The highest BCUT2D eigenvalue weighted by atomic mass is 16.7. The molecule has 0 radical (unpaired) electrons. The standard InChI is InChI=1S/C16H28N2O11/c1-5(21)17-9-13(25)14(8(4-20)27-15(9)26)29-16-10(18-6(2)22)12(24)11(23)7(3-19)28-16/h7-16,19-20,23-26H,3-4H2,1-2H3,(H,17,21)(H,18,22)/t7-,8-,9-,10+,11-,12-,13-,14+,15-,16+/m1/s1. The summed E-state index contributed by atoms with van der Waals surface area (Å²) in [5, 5.41) is 64.5. The summed E-state index contributed by atoms with van der Waals surface area (Å²) < 4.78 is 16.3. The number of carbonyl (C=O) groups excluding carboxylic acids is 2. The number of hydrogen-bond donors (Lipinski definition) is 8. The van der Waals surface area contributed by atoms with Gasteiger partial charge in [0, 0.05) is 13.8 Å². The Morgan fingerprint density at radius 1 is 0.828 bits per heavy atom. The molecule has 2 rings (SSSR count). The Labute approximate surface area is 166 Å². The van der Waals surface area contributed by atoms with Crippen molar-refractivity contribution >= 4 is 11.8 Å². The summed E-state index contributed by atoms with van der Waals surface area (Å²) in [4.78, 5) is 22.8. The van der Waals surface area contributed by atoms with E-state index in [1.807, 2.05) is 0 Å². The zero-order valence-corrected chi connectivity index (χ0v) is 15.9. The van der Waals surface area contributed by atoms with Gasteiger partial charge in [-0.15, -0.1) is 0 Å². The summed E-state index contributed by atoms with van der Waals surface area (Å²) in [7, 11) is 0. The van der Waals surface area contributed by atoms with Crippen LogP contribution in [0.1, 0.15) is 13.8 Å². The van der Waals surface area contributed by atoms with Gasteiger partial charge in [-0.25, -0.2) is 0 Å². The van der Waals surface area contributed by atoms with Crippen molar-refractivity contribution in [3.05, 3.63) is 0 Å². The number of nitrogens with one attached hydrogen (secondary N) is 2. The molecule has 29 heavy (non-hydrogen) atoms. The molecule has 0 saturated carbocycles. The fraction of sp³-hybridized carbons (Fsp3) is 0.875. The van der Waals surface area contributed by atoms with Crippen LogP contribution >= 0.6 is 0 Å². The summed E-state index contributed by atoms with van der Waals surface area (Å²) in [6, 6.07) is -2.59. The van der Waals surface area contributed by atoms with Crippen LogP contribution in [0, 0.1) is 0 Å². The molecule has 0 aromatic heterocycles. The zero-order chi connectivity index (χ0) is 21.9. The lowest BCUT2D eigenvalue weighted by molar-refractivity contribution is -0.327. The van der Waals surface area contributed by atoms with Crippen LogP contribution < -0.4 is 10.6 Å². The third-order valence-electron chi connectivity index (χ3n) is 4.78. The lowest BCUT2D eigenvalue weighted by Gasteiger charge is -2.47. The van der Waals surface area contributed by atoms with E-state index >= 15 is 0 Å². The second-order valence-electron chi connectivity index (χ2n) is 7.00. The summed E-state index contributed by atoms with van der Waals surface area (Å²) in [6.45, 7) is 0.962. The molecule has 2 aliphatic heterocycles. The van der Waals surface area contributed by atoms with Crippen molar-refractivity contribution in [2.24, 2.45) is 0 Å². The molecule has 10 atom stereocenters. The highest BCUT2D eigenvalue weighted by molar-refractivity contribution is 5.73. The van der Waals surface area contributed by atoms with Gasteiger partial charge in [0.1, 0.15) is 48.7 Å². The highest BCUT2D eigenvalue weighted by Gasteiger charge is 2.51. The molecular weight excluding hydrogens is 396 g/mol. The fourth-order valence-electron chi connectivity index (χ4n) is 3.38. The van der Waals surface area contributed by atoms with E-state index in [0.717, 1.165) is 13.8 Å². The van der Waals surface area contributed by atoms with Crippen molar-refractivity contribution in [1.29, 1.82) is 0 Å². The summed E-state index contributed by atoms with van der Waals surface area (Å²) >= 11 is 0. The van der Waals surface area contributed by atoms with Gasteiger partial charge in [-0.3, -0.25) is 9.59 Å². The fourth-order valence-corrected chi connectivity index (χ4v) is 3.38. The van der Waals surface area contributed by atoms with Crippen LogP contribution in [0.15, 0.2) is 0 Å². The normalized spacial score (nSPS) is 42.9. The number of rotatable bonds is 6. The van der Waals surface area contributed by atoms with E-state index < -0.39 is 86.3 Å². The third-order valence-corrected chi connectivity index (χ3v) is 4.78. The molecule has 2 fully saturated rings. The van der Waals surface area contributed by atoms with Crippen molar-refractivity contribution in [1.82, 2.24) is 10.6 Å². The van der Waals surface area contributed by atoms with Crippen molar-refractivity contribution in [2.45, 2.75) is 75.1 Å². The van der Waals surface area contributed by atoms with Crippen molar-refractivity contribution in [3.8, 4) is 0 Å². The maximum Gasteiger partial charge on any atom is 0.217 e. The van der Waals surface area contributed by atoms with Gasteiger partial charge in [-0.05, 0) is 0 Å². The molecule has 0 spiro atoms. The van der Waals surface area contributed by atoms with Crippen molar-refractivity contribution in [3.63, 3.8) is 0 Å². The Hall–Kier alpha value is -1.42. The zero-order valence-electron chi connectivity index (χ0n) is 15.9. The lowest BCUT2D eigenvalue weighted by atomic mass is 9.94. The summed E-state index contributed by atoms with van der Waals surface area (Å²) in [5.41, 5.74) is 0. The average Bonchev–Trinajstić information content (AvgIpc) is 2.65. The summed E-state index contributed by atoms with van der Waals surface area (Å²) in [5.74, 6) is -1.14. The van der Waals surface area contributed by atoms with Gasteiger partial charge in [-0.2, -0.15) is 0 Å². The van der Waals surface area contributed by atoms with Crippen LogP contribution in [0.2, 0.25) is 0 Å². The molecule has 2 aliphatic rings. The van der Waals surface area contributed by atoms with Gasteiger partial charge in [0.05, 0.1) is 13.2 Å². The molecule has 0 aliphatic carbocycles.